The van der Waals surface area contributed by atoms with E-state index in [0.29, 0.717) is 12.2 Å². The maximum Gasteiger partial charge on any atom is 0.274 e. The third kappa shape index (κ3) is 5.14. The normalized spacial score (nSPS) is 11.1. The molecule has 0 unspecified atom stereocenters. The number of nitrogens with one attached hydrogen (secondary N) is 2. The molecule has 0 aliphatic rings. The Labute approximate surface area is 159 Å². The Hall–Kier alpha value is -3.21. The van der Waals surface area contributed by atoms with Gasteiger partial charge >= 0.3 is 0 Å². The highest BCUT2D eigenvalue weighted by Gasteiger charge is 2.14. The van der Waals surface area contributed by atoms with Gasteiger partial charge in [-0.05, 0) is 52.9 Å². The first-order chi connectivity index (χ1) is 12.9. The molecule has 2 N–H and O–H groups in total. The maximum absolute atomic E-state index is 12.5. The second-order valence-electron chi connectivity index (χ2n) is 7.42. The summed E-state index contributed by atoms with van der Waals surface area (Å²) in [5, 5.41) is 6.20. The van der Waals surface area contributed by atoms with Crippen LogP contribution in [0, 0.1) is 0 Å². The van der Waals surface area contributed by atoms with Gasteiger partial charge < -0.3 is 10.6 Å². The molecule has 3 aromatic rings. The van der Waals surface area contributed by atoms with E-state index in [0.717, 1.165) is 16.9 Å². The first-order valence-corrected chi connectivity index (χ1v) is 8.92. The molecule has 27 heavy (non-hydrogen) atoms. The highest BCUT2D eigenvalue weighted by atomic mass is 16.1. The average Bonchev–Trinajstić information content (AvgIpc) is 2.67. The molecular weight excluding hydrogens is 336 g/mol. The maximum atomic E-state index is 12.5. The topological polar surface area (TPSA) is 66.9 Å². The van der Waals surface area contributed by atoms with Crippen LogP contribution in [0.5, 0.6) is 0 Å². The molecule has 0 radical (unpaired) electrons. The first-order valence-electron chi connectivity index (χ1n) is 8.92. The fraction of sp³-hybridized carbons (Fsp3) is 0.227. The quantitative estimate of drug-likeness (QED) is 0.696. The van der Waals surface area contributed by atoms with Crippen molar-refractivity contribution in [3.63, 3.8) is 0 Å². The molecule has 0 aliphatic heterocycles. The minimum atomic E-state index is -0.230. The van der Waals surface area contributed by atoms with Crippen LogP contribution in [0.3, 0.4) is 0 Å². The number of hydrogen-bond acceptors (Lipinski definition) is 4. The molecule has 0 spiro atoms. The number of rotatable bonds is 5. The number of pyridine rings is 2. The zero-order chi connectivity index (χ0) is 19.3. The molecule has 0 bridgehead atoms. The summed E-state index contributed by atoms with van der Waals surface area (Å²) in [5.41, 5.74) is 4.39. The Bertz CT molecular complexity index is 900. The zero-order valence-electron chi connectivity index (χ0n) is 15.9. The standard InChI is InChI=1S/C22H24N4O/c1-22(2,3)17-4-6-18(7-5-17)26-21(27)20-14-19(10-13-24-20)25-15-16-8-11-23-12-9-16/h4-14H,15H2,1-3H3,(H,24,25)(H,26,27). The monoisotopic (exact) mass is 360 g/mol. The van der Waals surface area contributed by atoms with Crippen molar-refractivity contribution in [3.05, 3.63) is 83.9 Å². The Morgan fingerprint density at radius 2 is 1.63 bits per heavy atom. The average molecular weight is 360 g/mol. The Morgan fingerprint density at radius 1 is 0.926 bits per heavy atom. The van der Waals surface area contributed by atoms with Crippen LogP contribution in [0.1, 0.15) is 42.4 Å². The van der Waals surface area contributed by atoms with Crippen LogP contribution >= 0.6 is 0 Å². The van der Waals surface area contributed by atoms with Crippen molar-refractivity contribution >= 4 is 17.3 Å². The summed E-state index contributed by atoms with van der Waals surface area (Å²) >= 11 is 0. The van der Waals surface area contributed by atoms with E-state index < -0.39 is 0 Å². The van der Waals surface area contributed by atoms with E-state index in [-0.39, 0.29) is 11.3 Å². The smallest absolute Gasteiger partial charge is 0.274 e. The van der Waals surface area contributed by atoms with Gasteiger partial charge in [0.05, 0.1) is 0 Å². The van der Waals surface area contributed by atoms with Gasteiger partial charge in [0.2, 0.25) is 0 Å². The summed E-state index contributed by atoms with van der Waals surface area (Å²) in [7, 11) is 0. The summed E-state index contributed by atoms with van der Waals surface area (Å²) in [6.07, 6.45) is 5.15. The van der Waals surface area contributed by atoms with Crippen molar-refractivity contribution in [1.82, 2.24) is 9.97 Å². The minimum absolute atomic E-state index is 0.0823. The van der Waals surface area contributed by atoms with Crippen molar-refractivity contribution in [2.45, 2.75) is 32.7 Å². The molecule has 5 nitrogen and oxygen atoms in total. The SMILES string of the molecule is CC(C)(C)c1ccc(NC(=O)c2cc(NCc3ccncc3)ccn2)cc1. The predicted molar refractivity (Wildman–Crippen MR) is 109 cm³/mol. The second-order valence-corrected chi connectivity index (χ2v) is 7.42. The number of carbonyl (C=O) groups is 1. The highest BCUT2D eigenvalue weighted by molar-refractivity contribution is 6.03. The summed E-state index contributed by atoms with van der Waals surface area (Å²) in [4.78, 5) is 20.7. The van der Waals surface area contributed by atoms with Gasteiger partial charge in [-0.1, -0.05) is 32.9 Å². The number of aromatic nitrogens is 2. The van der Waals surface area contributed by atoms with Crippen molar-refractivity contribution in [2.24, 2.45) is 0 Å². The van der Waals surface area contributed by atoms with Gasteiger partial charge in [0.1, 0.15) is 5.69 Å². The fourth-order valence-electron chi connectivity index (χ4n) is 2.62. The van der Waals surface area contributed by atoms with Gasteiger partial charge in [-0.15, -0.1) is 0 Å². The molecule has 3 rings (SSSR count). The number of amides is 1. The first kappa shape index (κ1) is 18.6. The van der Waals surface area contributed by atoms with E-state index in [2.05, 4.69) is 41.4 Å². The molecule has 0 fully saturated rings. The number of nitrogens with zero attached hydrogens (tertiary/aromatic N) is 2. The van der Waals surface area contributed by atoms with Crippen LogP contribution in [0.15, 0.2) is 67.1 Å². The van der Waals surface area contributed by atoms with Crippen LogP contribution in [0.2, 0.25) is 0 Å². The van der Waals surface area contributed by atoms with Crippen LogP contribution in [-0.2, 0) is 12.0 Å². The van der Waals surface area contributed by atoms with Gasteiger partial charge in [0, 0.05) is 36.5 Å². The summed E-state index contributed by atoms with van der Waals surface area (Å²) < 4.78 is 0. The van der Waals surface area contributed by atoms with Crippen molar-refractivity contribution in [1.29, 1.82) is 0 Å². The largest absolute Gasteiger partial charge is 0.381 e. The van der Waals surface area contributed by atoms with E-state index >= 15 is 0 Å². The van der Waals surface area contributed by atoms with Crippen LogP contribution < -0.4 is 10.6 Å². The number of carbonyl (C=O) groups excluding carboxylic acids is 1. The molecular formula is C22H24N4O. The lowest BCUT2D eigenvalue weighted by Crippen LogP contribution is -2.15. The number of benzene rings is 1. The zero-order valence-corrected chi connectivity index (χ0v) is 15.9. The van der Waals surface area contributed by atoms with Gasteiger partial charge in [0.25, 0.3) is 5.91 Å². The lowest BCUT2D eigenvalue weighted by atomic mass is 9.87. The highest BCUT2D eigenvalue weighted by Crippen LogP contribution is 2.23. The molecule has 1 amide bonds. The lowest BCUT2D eigenvalue weighted by molar-refractivity contribution is 0.102. The van der Waals surface area contributed by atoms with Crippen LogP contribution in [-0.4, -0.2) is 15.9 Å². The van der Waals surface area contributed by atoms with Crippen molar-refractivity contribution in [3.8, 4) is 0 Å². The predicted octanol–water partition coefficient (Wildman–Crippen LogP) is 4.64. The van der Waals surface area contributed by atoms with Gasteiger partial charge in [-0.3, -0.25) is 14.8 Å². The summed E-state index contributed by atoms with van der Waals surface area (Å²) in [6.45, 7) is 7.14. The molecule has 2 aromatic heterocycles. The Balaban J connectivity index is 1.64. The minimum Gasteiger partial charge on any atom is -0.381 e. The molecule has 5 heteroatoms. The molecule has 2 heterocycles. The number of hydrogen-bond donors (Lipinski definition) is 2. The number of anilines is 2. The van der Waals surface area contributed by atoms with E-state index in [4.69, 9.17) is 0 Å². The van der Waals surface area contributed by atoms with E-state index in [9.17, 15) is 4.79 Å². The van der Waals surface area contributed by atoms with Gasteiger partial charge in [-0.25, -0.2) is 0 Å². The molecule has 0 saturated heterocycles. The summed E-state index contributed by atoms with van der Waals surface area (Å²) in [5.74, 6) is -0.230. The van der Waals surface area contributed by atoms with Crippen molar-refractivity contribution < 1.29 is 4.79 Å². The van der Waals surface area contributed by atoms with Crippen LogP contribution in [0.25, 0.3) is 0 Å². The van der Waals surface area contributed by atoms with Crippen molar-refractivity contribution in [2.75, 3.05) is 10.6 Å². The second kappa shape index (κ2) is 7.99. The Morgan fingerprint density at radius 3 is 2.30 bits per heavy atom. The van der Waals surface area contributed by atoms with E-state index in [1.165, 1.54) is 5.56 Å². The van der Waals surface area contributed by atoms with Gasteiger partial charge in [-0.2, -0.15) is 0 Å². The third-order valence-corrected chi connectivity index (χ3v) is 4.25. The molecule has 0 atom stereocenters. The Kier molecular flexibility index (Phi) is 5.50. The molecule has 138 valence electrons. The molecule has 1 aromatic carbocycles. The summed E-state index contributed by atoms with van der Waals surface area (Å²) in [6, 6.07) is 15.4. The van der Waals surface area contributed by atoms with E-state index in [1.54, 1.807) is 24.7 Å². The molecule has 0 aliphatic carbocycles. The molecule has 0 saturated carbocycles. The fourth-order valence-corrected chi connectivity index (χ4v) is 2.62. The van der Waals surface area contributed by atoms with E-state index in [1.807, 2.05) is 42.5 Å². The van der Waals surface area contributed by atoms with Gasteiger partial charge in [0.15, 0.2) is 0 Å². The van der Waals surface area contributed by atoms with Crippen LogP contribution in [0.4, 0.5) is 11.4 Å². The lowest BCUT2D eigenvalue weighted by Gasteiger charge is -2.19. The third-order valence-electron chi connectivity index (χ3n) is 4.25.